The van der Waals surface area contributed by atoms with Gasteiger partial charge in [0.1, 0.15) is 5.75 Å². The van der Waals surface area contributed by atoms with Gasteiger partial charge in [0, 0.05) is 6.04 Å². The van der Waals surface area contributed by atoms with E-state index in [1.54, 1.807) is 7.11 Å². The maximum absolute atomic E-state index is 5.37. The number of hydrogen-bond acceptors (Lipinski definition) is 2. The first-order valence-electron chi connectivity index (χ1n) is 8.61. The van der Waals surface area contributed by atoms with Crippen molar-refractivity contribution in [2.45, 2.75) is 51.5 Å². The van der Waals surface area contributed by atoms with Gasteiger partial charge >= 0.3 is 0 Å². The molecular formula is C19H29NO. The molecule has 0 aromatic heterocycles. The predicted molar refractivity (Wildman–Crippen MR) is 87.7 cm³/mol. The molecule has 2 aliphatic carbocycles. The fraction of sp³-hybridized carbons (Fsp3) is 0.684. The van der Waals surface area contributed by atoms with Crippen LogP contribution in [0.15, 0.2) is 24.3 Å². The fourth-order valence-corrected chi connectivity index (χ4v) is 3.79. The zero-order valence-electron chi connectivity index (χ0n) is 13.5. The van der Waals surface area contributed by atoms with Gasteiger partial charge < -0.3 is 10.1 Å². The second-order valence-electron chi connectivity index (χ2n) is 7.18. The molecule has 2 fully saturated rings. The molecule has 0 heterocycles. The molecule has 2 aliphatic rings. The number of nitrogens with one attached hydrogen (secondary N) is 1. The number of rotatable bonds is 6. The lowest BCUT2D eigenvalue weighted by molar-refractivity contribution is 0.183. The van der Waals surface area contributed by atoms with E-state index in [9.17, 15) is 0 Å². The topological polar surface area (TPSA) is 21.3 Å². The van der Waals surface area contributed by atoms with Gasteiger partial charge in [0.25, 0.3) is 0 Å². The summed E-state index contributed by atoms with van der Waals surface area (Å²) in [5.41, 5.74) is 1.44. The molecule has 0 bridgehead atoms. The third-order valence-corrected chi connectivity index (χ3v) is 5.28. The number of methoxy groups -OCH3 is 1. The minimum atomic E-state index is 0.826. The Bertz CT molecular complexity index is 455. The van der Waals surface area contributed by atoms with Crippen LogP contribution in [-0.4, -0.2) is 19.7 Å². The first-order valence-corrected chi connectivity index (χ1v) is 8.61. The highest BCUT2D eigenvalue weighted by atomic mass is 16.5. The Labute approximate surface area is 129 Å². The van der Waals surface area contributed by atoms with E-state index in [0.29, 0.717) is 0 Å². The van der Waals surface area contributed by atoms with Gasteiger partial charge in [-0.1, -0.05) is 25.5 Å². The zero-order chi connectivity index (χ0) is 14.7. The monoisotopic (exact) mass is 287 g/mol. The van der Waals surface area contributed by atoms with Crippen molar-refractivity contribution in [2.24, 2.45) is 17.8 Å². The summed E-state index contributed by atoms with van der Waals surface area (Å²) in [5, 5.41) is 3.75. The third kappa shape index (κ3) is 4.23. The molecule has 21 heavy (non-hydrogen) atoms. The normalized spacial score (nSPS) is 29.3. The largest absolute Gasteiger partial charge is 0.497 e. The predicted octanol–water partition coefficient (Wildman–Crippen LogP) is 4.04. The molecule has 2 saturated carbocycles. The summed E-state index contributed by atoms with van der Waals surface area (Å²) in [5.74, 6) is 3.56. The highest BCUT2D eigenvalue weighted by Gasteiger charge is 2.30. The molecule has 0 saturated heterocycles. The van der Waals surface area contributed by atoms with Crippen LogP contribution in [0.2, 0.25) is 0 Å². The fourth-order valence-electron chi connectivity index (χ4n) is 3.79. The van der Waals surface area contributed by atoms with Gasteiger partial charge in [-0.05, 0) is 74.1 Å². The van der Waals surface area contributed by atoms with Crippen LogP contribution in [0.3, 0.4) is 0 Å². The van der Waals surface area contributed by atoms with Crippen molar-refractivity contribution in [1.29, 1.82) is 0 Å². The van der Waals surface area contributed by atoms with E-state index >= 15 is 0 Å². The molecule has 0 radical (unpaired) electrons. The second kappa shape index (κ2) is 6.83. The Kier molecular flexibility index (Phi) is 4.84. The van der Waals surface area contributed by atoms with Crippen molar-refractivity contribution >= 4 is 0 Å². The molecule has 0 spiro atoms. The van der Waals surface area contributed by atoms with Crippen molar-refractivity contribution in [3.63, 3.8) is 0 Å². The molecule has 0 amide bonds. The average Bonchev–Trinajstić information content (AvgIpc) is 3.31. The number of hydrogen-bond donors (Lipinski definition) is 1. The lowest BCUT2D eigenvalue weighted by Gasteiger charge is -2.35. The molecule has 3 atom stereocenters. The second-order valence-corrected chi connectivity index (χ2v) is 7.18. The van der Waals surface area contributed by atoms with Crippen LogP contribution in [0.25, 0.3) is 0 Å². The molecule has 1 aromatic rings. The summed E-state index contributed by atoms with van der Waals surface area (Å²) >= 11 is 0. The Morgan fingerprint density at radius 1 is 1.14 bits per heavy atom. The van der Waals surface area contributed by atoms with Gasteiger partial charge in [-0.3, -0.25) is 0 Å². The number of ether oxygens (including phenoxy) is 1. The molecule has 3 unspecified atom stereocenters. The molecule has 1 N–H and O–H groups in total. The van der Waals surface area contributed by atoms with Crippen LogP contribution >= 0.6 is 0 Å². The molecule has 2 nitrogen and oxygen atoms in total. The maximum atomic E-state index is 5.37. The Hall–Kier alpha value is -1.02. The Morgan fingerprint density at radius 3 is 2.76 bits per heavy atom. The van der Waals surface area contributed by atoms with Crippen LogP contribution in [0, 0.1) is 17.8 Å². The minimum absolute atomic E-state index is 0.826. The van der Waals surface area contributed by atoms with Crippen molar-refractivity contribution in [1.82, 2.24) is 5.32 Å². The summed E-state index contributed by atoms with van der Waals surface area (Å²) in [4.78, 5) is 0. The van der Waals surface area contributed by atoms with Gasteiger partial charge in [0.15, 0.2) is 0 Å². The third-order valence-electron chi connectivity index (χ3n) is 5.28. The lowest BCUT2D eigenvalue weighted by atomic mass is 9.72. The molecule has 2 heteroatoms. The average molecular weight is 287 g/mol. The summed E-state index contributed by atoms with van der Waals surface area (Å²) in [7, 11) is 1.75. The number of benzene rings is 1. The molecule has 116 valence electrons. The van der Waals surface area contributed by atoms with E-state index in [1.807, 2.05) is 6.07 Å². The van der Waals surface area contributed by atoms with Crippen LogP contribution in [0.1, 0.15) is 44.6 Å². The summed E-state index contributed by atoms with van der Waals surface area (Å²) in [6, 6.07) is 9.47. The van der Waals surface area contributed by atoms with Crippen molar-refractivity contribution in [3.8, 4) is 5.75 Å². The first-order chi connectivity index (χ1) is 10.2. The van der Waals surface area contributed by atoms with Crippen LogP contribution in [0.5, 0.6) is 5.75 Å². The van der Waals surface area contributed by atoms with Crippen molar-refractivity contribution in [3.05, 3.63) is 29.8 Å². The van der Waals surface area contributed by atoms with Gasteiger partial charge in [0.05, 0.1) is 7.11 Å². The van der Waals surface area contributed by atoms with E-state index in [2.05, 4.69) is 30.4 Å². The molecule has 3 rings (SSSR count). The standard InChI is InChI=1S/C19H29NO/c1-14-6-7-16(13-20-18-8-9-18)17(10-14)11-15-4-3-5-19(12-15)21-2/h3-5,12,14,16-18,20H,6-11,13H2,1-2H3. The summed E-state index contributed by atoms with van der Waals surface area (Å²) in [6.45, 7) is 3.65. The highest BCUT2D eigenvalue weighted by Crippen LogP contribution is 2.36. The zero-order valence-corrected chi connectivity index (χ0v) is 13.5. The highest BCUT2D eigenvalue weighted by molar-refractivity contribution is 5.28. The molecule has 0 aliphatic heterocycles. The maximum Gasteiger partial charge on any atom is 0.119 e. The van der Waals surface area contributed by atoms with E-state index < -0.39 is 0 Å². The van der Waals surface area contributed by atoms with Crippen LogP contribution in [0.4, 0.5) is 0 Å². The van der Waals surface area contributed by atoms with E-state index in [1.165, 1.54) is 50.6 Å². The van der Waals surface area contributed by atoms with Crippen LogP contribution in [-0.2, 0) is 6.42 Å². The first kappa shape index (κ1) is 14.9. The van der Waals surface area contributed by atoms with E-state index in [0.717, 1.165) is 29.5 Å². The van der Waals surface area contributed by atoms with Gasteiger partial charge in [-0.2, -0.15) is 0 Å². The molecule has 1 aromatic carbocycles. The smallest absolute Gasteiger partial charge is 0.119 e. The van der Waals surface area contributed by atoms with Gasteiger partial charge in [-0.15, -0.1) is 0 Å². The van der Waals surface area contributed by atoms with Crippen molar-refractivity contribution < 1.29 is 4.74 Å². The Balaban J connectivity index is 1.62. The lowest BCUT2D eigenvalue weighted by Crippen LogP contribution is -2.34. The summed E-state index contributed by atoms with van der Waals surface area (Å²) < 4.78 is 5.37. The Morgan fingerprint density at radius 2 is 2.00 bits per heavy atom. The quantitative estimate of drug-likeness (QED) is 0.852. The van der Waals surface area contributed by atoms with E-state index in [4.69, 9.17) is 4.74 Å². The van der Waals surface area contributed by atoms with Crippen LogP contribution < -0.4 is 10.1 Å². The van der Waals surface area contributed by atoms with Gasteiger partial charge in [-0.25, -0.2) is 0 Å². The van der Waals surface area contributed by atoms with Gasteiger partial charge in [0.2, 0.25) is 0 Å². The molecular weight excluding hydrogens is 258 g/mol. The van der Waals surface area contributed by atoms with Crippen molar-refractivity contribution in [2.75, 3.05) is 13.7 Å². The summed E-state index contributed by atoms with van der Waals surface area (Å²) in [6.07, 6.45) is 8.18. The minimum Gasteiger partial charge on any atom is -0.497 e. The van der Waals surface area contributed by atoms with E-state index in [-0.39, 0.29) is 0 Å². The SMILES string of the molecule is COc1cccc(CC2CC(C)CCC2CNC2CC2)c1.